The Labute approximate surface area is 79.6 Å². The summed E-state index contributed by atoms with van der Waals surface area (Å²) < 4.78 is 0. The Kier molecular flexibility index (Phi) is 2.79. The van der Waals surface area contributed by atoms with E-state index < -0.39 is 5.97 Å². The highest BCUT2D eigenvalue weighted by Gasteiger charge is 2.36. The largest absolute Gasteiger partial charge is 0.481 e. The summed E-state index contributed by atoms with van der Waals surface area (Å²) in [6.45, 7) is 6.04. The first-order chi connectivity index (χ1) is 5.95. The summed E-state index contributed by atoms with van der Waals surface area (Å²) in [6.07, 6.45) is 5.21. The normalized spacial score (nSPS) is 27.6. The van der Waals surface area contributed by atoms with E-state index in [1.807, 2.05) is 6.92 Å². The van der Waals surface area contributed by atoms with Gasteiger partial charge in [-0.2, -0.15) is 0 Å². The first-order valence-electron chi connectivity index (χ1n) is 4.84. The molecule has 1 atom stereocenters. The molecule has 13 heavy (non-hydrogen) atoms. The zero-order valence-electron chi connectivity index (χ0n) is 8.63. The van der Waals surface area contributed by atoms with Gasteiger partial charge in [0.15, 0.2) is 0 Å². The maximum Gasteiger partial charge on any atom is 0.311 e. The van der Waals surface area contributed by atoms with E-state index in [0.717, 1.165) is 24.8 Å². The third-order valence-corrected chi connectivity index (χ3v) is 2.98. The van der Waals surface area contributed by atoms with Gasteiger partial charge in [-0.25, -0.2) is 0 Å². The highest BCUT2D eigenvalue weighted by Crippen LogP contribution is 2.39. The van der Waals surface area contributed by atoms with Gasteiger partial charge in [0.1, 0.15) is 0 Å². The first kappa shape index (κ1) is 10.3. The fourth-order valence-corrected chi connectivity index (χ4v) is 2.29. The quantitative estimate of drug-likeness (QED) is 0.633. The lowest BCUT2D eigenvalue weighted by Gasteiger charge is -2.30. The molecule has 0 fully saturated rings. The fraction of sp³-hybridized carbons (Fsp3) is 0.727. The van der Waals surface area contributed by atoms with Crippen LogP contribution in [-0.2, 0) is 4.79 Å². The third-order valence-electron chi connectivity index (χ3n) is 2.98. The molecule has 1 N–H and O–H groups in total. The van der Waals surface area contributed by atoms with Gasteiger partial charge in [0.25, 0.3) is 0 Å². The number of aliphatic carboxylic acids is 1. The van der Waals surface area contributed by atoms with Gasteiger partial charge in [0, 0.05) is 0 Å². The predicted molar refractivity (Wildman–Crippen MR) is 52.5 cm³/mol. The lowest BCUT2D eigenvalue weighted by molar-refractivity contribution is -0.144. The number of carboxylic acids is 1. The van der Waals surface area contributed by atoms with Gasteiger partial charge in [-0.15, -0.1) is 0 Å². The topological polar surface area (TPSA) is 37.3 Å². The first-order valence-corrected chi connectivity index (χ1v) is 4.84. The monoisotopic (exact) mass is 182 g/mol. The second-order valence-electron chi connectivity index (χ2n) is 4.60. The number of hydrogen-bond acceptors (Lipinski definition) is 1. The molecule has 0 spiro atoms. The summed E-state index contributed by atoms with van der Waals surface area (Å²) in [6, 6.07) is 0. The Bertz CT molecular complexity index is 238. The number of allylic oxidation sites excluding steroid dienone is 1. The van der Waals surface area contributed by atoms with Crippen LogP contribution in [-0.4, -0.2) is 11.1 Å². The van der Waals surface area contributed by atoms with Crippen LogP contribution in [0.5, 0.6) is 0 Å². The van der Waals surface area contributed by atoms with Crippen LogP contribution in [0.2, 0.25) is 0 Å². The second kappa shape index (κ2) is 3.52. The van der Waals surface area contributed by atoms with Crippen molar-refractivity contribution in [1.29, 1.82) is 0 Å². The van der Waals surface area contributed by atoms with Crippen molar-refractivity contribution in [1.82, 2.24) is 0 Å². The van der Waals surface area contributed by atoms with Crippen LogP contribution in [0.1, 0.15) is 40.0 Å². The van der Waals surface area contributed by atoms with Crippen molar-refractivity contribution in [2.75, 3.05) is 0 Å². The number of carbonyl (C=O) groups is 1. The molecular weight excluding hydrogens is 164 g/mol. The Balaban J connectivity index is 2.99. The average molecular weight is 182 g/mol. The van der Waals surface area contributed by atoms with E-state index in [0.29, 0.717) is 0 Å². The Morgan fingerprint density at radius 1 is 1.62 bits per heavy atom. The molecule has 1 rings (SSSR count). The predicted octanol–water partition coefficient (Wildman–Crippen LogP) is 2.84. The second-order valence-corrected chi connectivity index (χ2v) is 4.60. The molecule has 1 aliphatic carbocycles. The summed E-state index contributed by atoms with van der Waals surface area (Å²) in [5, 5.41) is 9.13. The average Bonchev–Trinajstić information content (AvgIpc) is 2.07. The maximum atomic E-state index is 11.1. The Morgan fingerprint density at radius 2 is 2.23 bits per heavy atom. The van der Waals surface area contributed by atoms with E-state index in [4.69, 9.17) is 5.11 Å². The zero-order valence-corrected chi connectivity index (χ0v) is 8.63. The summed E-state index contributed by atoms with van der Waals surface area (Å²) in [7, 11) is 0. The van der Waals surface area contributed by atoms with Gasteiger partial charge in [0.2, 0.25) is 0 Å². The van der Waals surface area contributed by atoms with Gasteiger partial charge in [0.05, 0.1) is 5.92 Å². The molecule has 0 aromatic carbocycles. The molecule has 0 aromatic rings. The molecule has 2 heteroatoms. The van der Waals surface area contributed by atoms with E-state index in [1.165, 1.54) is 0 Å². The lowest BCUT2D eigenvalue weighted by Crippen LogP contribution is -2.31. The molecule has 0 heterocycles. The smallest absolute Gasteiger partial charge is 0.311 e. The van der Waals surface area contributed by atoms with Crippen LogP contribution in [0.15, 0.2) is 11.6 Å². The molecule has 1 aliphatic rings. The van der Waals surface area contributed by atoms with E-state index >= 15 is 0 Å². The van der Waals surface area contributed by atoms with Crippen molar-refractivity contribution >= 4 is 5.97 Å². The standard InChI is InChI=1S/C11H18O2/c1-8-6-4-5-7-11(2,3)9(8)10(12)13/h6,9H,4-5,7H2,1-3H3,(H,12,13). The minimum Gasteiger partial charge on any atom is -0.481 e. The van der Waals surface area contributed by atoms with Crippen LogP contribution < -0.4 is 0 Å². The van der Waals surface area contributed by atoms with Crippen molar-refractivity contribution in [3.8, 4) is 0 Å². The van der Waals surface area contributed by atoms with Gasteiger partial charge in [-0.05, 0) is 31.6 Å². The van der Waals surface area contributed by atoms with Crippen LogP contribution in [0.25, 0.3) is 0 Å². The van der Waals surface area contributed by atoms with Crippen molar-refractivity contribution in [2.24, 2.45) is 11.3 Å². The summed E-state index contributed by atoms with van der Waals surface area (Å²) in [5.41, 5.74) is 0.929. The highest BCUT2D eigenvalue weighted by atomic mass is 16.4. The molecule has 0 bridgehead atoms. The van der Waals surface area contributed by atoms with Crippen molar-refractivity contribution in [3.63, 3.8) is 0 Å². The van der Waals surface area contributed by atoms with Crippen LogP contribution in [0.3, 0.4) is 0 Å². The van der Waals surface area contributed by atoms with E-state index in [1.54, 1.807) is 0 Å². The number of hydrogen-bond donors (Lipinski definition) is 1. The number of carboxylic acid groups (broad SMARTS) is 1. The molecule has 74 valence electrons. The molecule has 0 aliphatic heterocycles. The zero-order chi connectivity index (χ0) is 10.1. The van der Waals surface area contributed by atoms with Crippen LogP contribution >= 0.6 is 0 Å². The minimum atomic E-state index is -0.680. The van der Waals surface area contributed by atoms with Gasteiger partial charge < -0.3 is 5.11 Å². The Morgan fingerprint density at radius 3 is 2.77 bits per heavy atom. The third kappa shape index (κ3) is 2.11. The molecule has 0 saturated heterocycles. The van der Waals surface area contributed by atoms with Crippen molar-refractivity contribution < 1.29 is 9.90 Å². The van der Waals surface area contributed by atoms with Crippen LogP contribution in [0, 0.1) is 11.3 Å². The van der Waals surface area contributed by atoms with E-state index in [2.05, 4.69) is 19.9 Å². The van der Waals surface area contributed by atoms with Gasteiger partial charge in [-0.3, -0.25) is 4.79 Å². The van der Waals surface area contributed by atoms with Crippen molar-refractivity contribution in [2.45, 2.75) is 40.0 Å². The molecule has 0 saturated carbocycles. The molecular formula is C11H18O2. The summed E-state index contributed by atoms with van der Waals surface area (Å²) in [5.74, 6) is -0.976. The molecule has 0 aromatic heterocycles. The van der Waals surface area contributed by atoms with Crippen LogP contribution in [0.4, 0.5) is 0 Å². The highest BCUT2D eigenvalue weighted by molar-refractivity contribution is 5.74. The number of rotatable bonds is 1. The fourth-order valence-electron chi connectivity index (χ4n) is 2.29. The van der Waals surface area contributed by atoms with E-state index in [-0.39, 0.29) is 11.3 Å². The van der Waals surface area contributed by atoms with Gasteiger partial charge >= 0.3 is 5.97 Å². The van der Waals surface area contributed by atoms with Crippen molar-refractivity contribution in [3.05, 3.63) is 11.6 Å². The van der Waals surface area contributed by atoms with E-state index in [9.17, 15) is 4.79 Å². The summed E-state index contributed by atoms with van der Waals surface area (Å²) >= 11 is 0. The Hall–Kier alpha value is -0.790. The van der Waals surface area contributed by atoms with Gasteiger partial charge in [-0.1, -0.05) is 25.5 Å². The lowest BCUT2D eigenvalue weighted by atomic mass is 9.73. The minimum absolute atomic E-state index is 0.0943. The summed E-state index contributed by atoms with van der Waals surface area (Å²) in [4.78, 5) is 11.1. The molecule has 0 amide bonds. The SMILES string of the molecule is CC1=CCCCC(C)(C)C1C(=O)O. The molecule has 0 radical (unpaired) electrons. The maximum absolute atomic E-state index is 11.1. The molecule has 1 unspecified atom stereocenters. The molecule has 2 nitrogen and oxygen atoms in total.